The topological polar surface area (TPSA) is 75.4 Å². The van der Waals surface area contributed by atoms with Gasteiger partial charge in [0.05, 0.1) is 12.2 Å². The fraction of sp³-hybridized carbons (Fsp3) is 0.400. The monoisotopic (exact) mass is 469 g/mol. The molecule has 1 N–H and O–H groups in total. The molecule has 8 heteroatoms. The first-order valence-corrected chi connectivity index (χ1v) is 12.0. The number of nitrogens with one attached hydrogen (secondary N) is 1. The van der Waals surface area contributed by atoms with Crippen molar-refractivity contribution in [2.45, 2.75) is 40.2 Å². The summed E-state index contributed by atoms with van der Waals surface area (Å²) in [4.78, 5) is 32.7. The number of halogens is 1. The Morgan fingerprint density at radius 2 is 1.88 bits per heavy atom. The van der Waals surface area contributed by atoms with Crippen LogP contribution in [0.3, 0.4) is 0 Å². The highest BCUT2D eigenvalue weighted by Crippen LogP contribution is 2.31. The van der Waals surface area contributed by atoms with E-state index < -0.39 is 0 Å². The zero-order chi connectivity index (χ0) is 23.5. The zero-order valence-corrected chi connectivity index (χ0v) is 19.9. The lowest BCUT2D eigenvalue weighted by Gasteiger charge is -2.34. The first kappa shape index (κ1) is 23.2. The number of carbonyl (C=O) groups is 2. The quantitative estimate of drug-likeness (QED) is 0.553. The van der Waals surface area contributed by atoms with Gasteiger partial charge in [-0.1, -0.05) is 6.92 Å². The second kappa shape index (κ2) is 9.87. The van der Waals surface area contributed by atoms with E-state index in [1.54, 1.807) is 12.1 Å². The SMILES string of the molecule is Cc1ccc(CNC(=O)C(C)C2CCN(C(=O)c3sc(-c4ccc(F)cc4)nc3C)CC2)o1. The molecule has 0 saturated carbocycles. The summed E-state index contributed by atoms with van der Waals surface area (Å²) in [6, 6.07) is 9.88. The predicted octanol–water partition coefficient (Wildman–Crippen LogP) is 4.96. The molecule has 0 aliphatic carbocycles. The number of rotatable bonds is 6. The minimum Gasteiger partial charge on any atom is -0.465 e. The highest BCUT2D eigenvalue weighted by atomic mass is 32.1. The lowest BCUT2D eigenvalue weighted by atomic mass is 9.85. The van der Waals surface area contributed by atoms with E-state index in [0.29, 0.717) is 35.2 Å². The Morgan fingerprint density at radius 1 is 1.18 bits per heavy atom. The van der Waals surface area contributed by atoms with Crippen molar-refractivity contribution in [1.29, 1.82) is 0 Å². The third kappa shape index (κ3) is 5.33. The first-order valence-electron chi connectivity index (χ1n) is 11.2. The zero-order valence-electron chi connectivity index (χ0n) is 19.1. The van der Waals surface area contributed by atoms with E-state index in [1.165, 1.54) is 23.5 Å². The maximum atomic E-state index is 13.2. The van der Waals surface area contributed by atoms with Crippen LogP contribution < -0.4 is 5.32 Å². The molecular weight excluding hydrogens is 441 g/mol. The lowest BCUT2D eigenvalue weighted by molar-refractivity contribution is -0.126. The van der Waals surface area contributed by atoms with Crippen LogP contribution in [-0.4, -0.2) is 34.8 Å². The van der Waals surface area contributed by atoms with Gasteiger partial charge in [-0.2, -0.15) is 0 Å². The number of nitrogens with zero attached hydrogens (tertiary/aromatic N) is 2. The Hall–Kier alpha value is -3.00. The summed E-state index contributed by atoms with van der Waals surface area (Å²) in [5.74, 6) is 1.35. The van der Waals surface area contributed by atoms with Crippen molar-refractivity contribution >= 4 is 23.2 Å². The molecule has 33 heavy (non-hydrogen) atoms. The summed E-state index contributed by atoms with van der Waals surface area (Å²) in [5.41, 5.74) is 1.49. The van der Waals surface area contributed by atoms with E-state index in [4.69, 9.17) is 4.42 Å². The largest absolute Gasteiger partial charge is 0.465 e. The Morgan fingerprint density at radius 3 is 2.52 bits per heavy atom. The van der Waals surface area contributed by atoms with Crippen LogP contribution in [0.25, 0.3) is 10.6 Å². The van der Waals surface area contributed by atoms with Crippen LogP contribution in [0.15, 0.2) is 40.8 Å². The van der Waals surface area contributed by atoms with Crippen LogP contribution in [0, 0.1) is 31.5 Å². The van der Waals surface area contributed by atoms with E-state index in [9.17, 15) is 14.0 Å². The van der Waals surface area contributed by atoms with Crippen molar-refractivity contribution < 1.29 is 18.4 Å². The number of hydrogen-bond donors (Lipinski definition) is 1. The molecule has 2 amide bonds. The number of thiazole rings is 1. The number of likely N-dealkylation sites (tertiary alicyclic amines) is 1. The molecule has 1 fully saturated rings. The van der Waals surface area contributed by atoms with E-state index in [0.717, 1.165) is 29.9 Å². The molecule has 6 nitrogen and oxygen atoms in total. The molecule has 1 aliphatic rings. The van der Waals surface area contributed by atoms with E-state index in [1.807, 2.05) is 37.8 Å². The van der Waals surface area contributed by atoms with Crippen molar-refractivity contribution in [3.05, 3.63) is 64.3 Å². The summed E-state index contributed by atoms with van der Waals surface area (Å²) in [7, 11) is 0. The molecular formula is C25H28FN3O3S. The number of amides is 2. The van der Waals surface area contributed by atoms with Crippen molar-refractivity contribution in [1.82, 2.24) is 15.2 Å². The summed E-state index contributed by atoms with van der Waals surface area (Å²) in [6.07, 6.45) is 1.56. The number of benzene rings is 1. The molecule has 1 saturated heterocycles. The fourth-order valence-corrected chi connectivity index (χ4v) is 5.23. The van der Waals surface area contributed by atoms with Crippen LogP contribution in [-0.2, 0) is 11.3 Å². The molecule has 3 heterocycles. The maximum absolute atomic E-state index is 13.2. The Labute approximate surface area is 196 Å². The molecule has 3 aromatic rings. The Bertz CT molecular complexity index is 1130. The van der Waals surface area contributed by atoms with Crippen LogP contribution in [0.5, 0.6) is 0 Å². The fourth-order valence-electron chi connectivity index (χ4n) is 4.19. The third-order valence-electron chi connectivity index (χ3n) is 6.26. The minimum absolute atomic E-state index is 0.0103. The van der Waals surface area contributed by atoms with Crippen molar-refractivity contribution in [2.75, 3.05) is 13.1 Å². The van der Waals surface area contributed by atoms with Gasteiger partial charge in [-0.3, -0.25) is 9.59 Å². The maximum Gasteiger partial charge on any atom is 0.265 e. The van der Waals surface area contributed by atoms with Crippen LogP contribution in [0.1, 0.15) is 46.7 Å². The second-order valence-electron chi connectivity index (χ2n) is 8.59. The molecule has 0 spiro atoms. The van der Waals surface area contributed by atoms with Crippen molar-refractivity contribution in [2.24, 2.45) is 11.8 Å². The van der Waals surface area contributed by atoms with Crippen LogP contribution in [0.4, 0.5) is 4.39 Å². The molecule has 1 aliphatic heterocycles. The average Bonchev–Trinajstić information content (AvgIpc) is 3.42. The summed E-state index contributed by atoms with van der Waals surface area (Å²) < 4.78 is 18.7. The number of carbonyl (C=O) groups excluding carboxylic acids is 2. The van der Waals surface area contributed by atoms with Gasteiger partial charge < -0.3 is 14.6 Å². The Kier molecular flexibility index (Phi) is 6.93. The van der Waals surface area contributed by atoms with Crippen molar-refractivity contribution in [3.63, 3.8) is 0 Å². The normalized spacial score (nSPS) is 15.5. The standard InChI is InChI=1S/C25H28FN3O3S/c1-15-4-9-21(32-15)14-27-23(30)16(2)18-10-12-29(13-11-18)25(31)22-17(3)28-24(33-22)19-5-7-20(26)8-6-19/h4-9,16,18H,10-14H2,1-3H3,(H,27,30). The molecule has 0 bridgehead atoms. The van der Waals surface area contributed by atoms with Gasteiger partial charge in [0.25, 0.3) is 5.91 Å². The van der Waals surface area contributed by atoms with E-state index in [2.05, 4.69) is 10.3 Å². The predicted molar refractivity (Wildman–Crippen MR) is 125 cm³/mol. The average molecular weight is 470 g/mol. The molecule has 4 rings (SSSR count). The van der Waals surface area contributed by atoms with Gasteiger partial charge >= 0.3 is 0 Å². The van der Waals surface area contributed by atoms with Gasteiger partial charge in [0.2, 0.25) is 5.91 Å². The lowest BCUT2D eigenvalue weighted by Crippen LogP contribution is -2.42. The Balaban J connectivity index is 1.32. The number of hydrogen-bond acceptors (Lipinski definition) is 5. The molecule has 1 aromatic carbocycles. The number of furan rings is 1. The highest BCUT2D eigenvalue weighted by Gasteiger charge is 2.31. The third-order valence-corrected chi connectivity index (χ3v) is 7.46. The van der Waals surface area contributed by atoms with Gasteiger partial charge in [0.15, 0.2) is 0 Å². The summed E-state index contributed by atoms with van der Waals surface area (Å²) in [6.45, 7) is 7.27. The molecule has 1 unspecified atom stereocenters. The van der Waals surface area contributed by atoms with Gasteiger partial charge in [-0.05, 0) is 69.0 Å². The van der Waals surface area contributed by atoms with Crippen LogP contribution >= 0.6 is 11.3 Å². The summed E-state index contributed by atoms with van der Waals surface area (Å²) >= 11 is 1.34. The second-order valence-corrected chi connectivity index (χ2v) is 9.59. The van der Waals surface area contributed by atoms with Gasteiger partial charge in [-0.15, -0.1) is 11.3 Å². The summed E-state index contributed by atoms with van der Waals surface area (Å²) in [5, 5.41) is 3.67. The first-order chi connectivity index (χ1) is 15.8. The van der Waals surface area contributed by atoms with Crippen LogP contribution in [0.2, 0.25) is 0 Å². The number of piperidine rings is 1. The van der Waals surface area contributed by atoms with E-state index in [-0.39, 0.29) is 29.5 Å². The molecule has 174 valence electrons. The van der Waals surface area contributed by atoms with Crippen molar-refractivity contribution in [3.8, 4) is 10.6 Å². The molecule has 1 atom stereocenters. The van der Waals surface area contributed by atoms with E-state index >= 15 is 0 Å². The number of aryl methyl sites for hydroxylation is 2. The van der Waals surface area contributed by atoms with Gasteiger partial charge in [0, 0.05) is 24.6 Å². The van der Waals surface area contributed by atoms with Gasteiger partial charge in [0.1, 0.15) is 27.2 Å². The smallest absolute Gasteiger partial charge is 0.265 e. The molecule has 2 aromatic heterocycles. The minimum atomic E-state index is -0.301. The number of aromatic nitrogens is 1. The van der Waals surface area contributed by atoms with Gasteiger partial charge in [-0.25, -0.2) is 9.37 Å². The molecule has 0 radical (unpaired) electrons. The highest BCUT2D eigenvalue weighted by molar-refractivity contribution is 7.17.